The van der Waals surface area contributed by atoms with Gasteiger partial charge in [-0.15, -0.1) is 0 Å². The molecule has 18 heavy (non-hydrogen) atoms. The van der Waals surface area contributed by atoms with Gasteiger partial charge in [0, 0.05) is 18.9 Å². The van der Waals surface area contributed by atoms with Crippen LogP contribution in [0.15, 0.2) is 29.8 Å². The highest BCUT2D eigenvalue weighted by Gasteiger charge is 2.12. The SMILES string of the molecule is C/C(=C\COc1ccc2c(c1)OCC2)CCC=O. The fraction of sp³-hybridized carbons (Fsp3) is 0.400. The number of fused-ring (bicyclic) bond motifs is 1. The summed E-state index contributed by atoms with van der Waals surface area (Å²) in [6.45, 7) is 3.31. The summed E-state index contributed by atoms with van der Waals surface area (Å²) in [7, 11) is 0. The maximum atomic E-state index is 10.2. The van der Waals surface area contributed by atoms with Gasteiger partial charge in [0.05, 0.1) is 6.61 Å². The van der Waals surface area contributed by atoms with E-state index in [9.17, 15) is 4.79 Å². The van der Waals surface area contributed by atoms with Crippen LogP contribution in [-0.2, 0) is 11.2 Å². The number of ether oxygens (including phenoxy) is 2. The van der Waals surface area contributed by atoms with Crippen molar-refractivity contribution >= 4 is 6.29 Å². The van der Waals surface area contributed by atoms with E-state index in [2.05, 4.69) is 6.07 Å². The minimum Gasteiger partial charge on any atom is -0.493 e. The van der Waals surface area contributed by atoms with Gasteiger partial charge in [-0.2, -0.15) is 0 Å². The predicted molar refractivity (Wildman–Crippen MR) is 70.2 cm³/mol. The number of carbonyl (C=O) groups excluding carboxylic acids is 1. The quantitative estimate of drug-likeness (QED) is 0.572. The average Bonchev–Trinajstić information content (AvgIpc) is 2.83. The first-order valence-corrected chi connectivity index (χ1v) is 6.27. The van der Waals surface area contributed by atoms with Crippen molar-refractivity contribution in [2.75, 3.05) is 13.2 Å². The molecule has 0 radical (unpaired) electrons. The molecule has 0 fully saturated rings. The molecular weight excluding hydrogens is 228 g/mol. The highest BCUT2D eigenvalue weighted by molar-refractivity contribution is 5.49. The van der Waals surface area contributed by atoms with Gasteiger partial charge in [-0.25, -0.2) is 0 Å². The van der Waals surface area contributed by atoms with Gasteiger partial charge in [-0.1, -0.05) is 11.6 Å². The van der Waals surface area contributed by atoms with Crippen LogP contribution in [0, 0.1) is 0 Å². The van der Waals surface area contributed by atoms with Crippen LogP contribution in [0.1, 0.15) is 25.3 Å². The Kier molecular flexibility index (Phi) is 4.40. The highest BCUT2D eigenvalue weighted by atomic mass is 16.5. The van der Waals surface area contributed by atoms with Crippen LogP contribution < -0.4 is 9.47 Å². The van der Waals surface area contributed by atoms with Gasteiger partial charge in [-0.3, -0.25) is 0 Å². The molecule has 0 aliphatic carbocycles. The molecule has 0 spiro atoms. The second kappa shape index (κ2) is 6.24. The van der Waals surface area contributed by atoms with Crippen molar-refractivity contribution in [3.63, 3.8) is 0 Å². The fourth-order valence-electron chi connectivity index (χ4n) is 1.91. The normalized spacial score (nSPS) is 13.9. The zero-order valence-corrected chi connectivity index (χ0v) is 10.6. The Balaban J connectivity index is 1.85. The lowest BCUT2D eigenvalue weighted by molar-refractivity contribution is -0.107. The van der Waals surface area contributed by atoms with Crippen molar-refractivity contribution in [2.45, 2.75) is 26.2 Å². The summed E-state index contributed by atoms with van der Waals surface area (Å²) in [4.78, 5) is 10.2. The van der Waals surface area contributed by atoms with Crippen LogP contribution in [0.4, 0.5) is 0 Å². The summed E-state index contributed by atoms with van der Waals surface area (Å²) in [5.41, 5.74) is 2.43. The smallest absolute Gasteiger partial charge is 0.126 e. The first kappa shape index (κ1) is 12.7. The van der Waals surface area contributed by atoms with Crippen LogP contribution in [-0.4, -0.2) is 19.5 Å². The summed E-state index contributed by atoms with van der Waals surface area (Å²) in [6, 6.07) is 5.97. The van der Waals surface area contributed by atoms with Crippen molar-refractivity contribution in [1.29, 1.82) is 0 Å². The molecule has 0 N–H and O–H groups in total. The molecule has 0 bridgehead atoms. The Labute approximate surface area is 107 Å². The third-order valence-electron chi connectivity index (χ3n) is 3.01. The van der Waals surface area contributed by atoms with Crippen molar-refractivity contribution in [1.82, 2.24) is 0 Å². The Morgan fingerprint density at radius 2 is 2.39 bits per heavy atom. The van der Waals surface area contributed by atoms with Gasteiger partial charge >= 0.3 is 0 Å². The van der Waals surface area contributed by atoms with Crippen LogP contribution in [0.25, 0.3) is 0 Å². The topological polar surface area (TPSA) is 35.5 Å². The molecule has 1 aromatic carbocycles. The second-order valence-corrected chi connectivity index (χ2v) is 4.43. The van der Waals surface area contributed by atoms with E-state index in [1.807, 2.05) is 25.1 Å². The molecule has 3 nitrogen and oxygen atoms in total. The number of aldehydes is 1. The van der Waals surface area contributed by atoms with E-state index in [1.165, 1.54) is 11.1 Å². The largest absolute Gasteiger partial charge is 0.493 e. The summed E-state index contributed by atoms with van der Waals surface area (Å²) >= 11 is 0. The molecule has 0 amide bonds. The minimum absolute atomic E-state index is 0.531. The van der Waals surface area contributed by atoms with Gasteiger partial charge in [0.2, 0.25) is 0 Å². The van der Waals surface area contributed by atoms with Gasteiger partial charge in [0.1, 0.15) is 24.4 Å². The fourth-order valence-corrected chi connectivity index (χ4v) is 1.91. The molecule has 0 atom stereocenters. The number of rotatable bonds is 6. The van der Waals surface area contributed by atoms with Gasteiger partial charge in [0.15, 0.2) is 0 Å². The number of hydrogen-bond acceptors (Lipinski definition) is 3. The van der Waals surface area contributed by atoms with E-state index in [1.54, 1.807) is 0 Å². The lowest BCUT2D eigenvalue weighted by atomic mass is 10.1. The molecule has 0 aromatic heterocycles. The summed E-state index contributed by atoms with van der Waals surface area (Å²) in [5, 5.41) is 0. The summed E-state index contributed by atoms with van der Waals surface area (Å²) in [5.74, 6) is 1.77. The molecule has 96 valence electrons. The average molecular weight is 246 g/mol. The molecule has 2 rings (SSSR count). The number of benzene rings is 1. The zero-order chi connectivity index (χ0) is 12.8. The molecule has 0 saturated heterocycles. The molecular formula is C15H18O3. The van der Waals surface area contributed by atoms with E-state index in [0.717, 1.165) is 37.2 Å². The minimum atomic E-state index is 0.531. The van der Waals surface area contributed by atoms with Crippen LogP contribution in [0.2, 0.25) is 0 Å². The van der Waals surface area contributed by atoms with E-state index in [4.69, 9.17) is 9.47 Å². The van der Waals surface area contributed by atoms with Crippen LogP contribution in [0.5, 0.6) is 11.5 Å². The predicted octanol–water partition coefficient (Wildman–Crippen LogP) is 2.93. The standard InChI is InChI=1S/C15H18O3/c1-12(3-2-8-16)6-9-17-14-5-4-13-7-10-18-15(13)11-14/h4-6,8,11H,2-3,7,9-10H2,1H3/b12-6+. The maximum Gasteiger partial charge on any atom is 0.126 e. The Bertz CT molecular complexity index is 449. The molecule has 3 heteroatoms. The third-order valence-corrected chi connectivity index (χ3v) is 3.01. The number of allylic oxidation sites excluding steroid dienone is 1. The Morgan fingerprint density at radius 1 is 1.50 bits per heavy atom. The highest BCUT2D eigenvalue weighted by Crippen LogP contribution is 2.29. The first-order valence-electron chi connectivity index (χ1n) is 6.27. The molecule has 1 aromatic rings. The van der Waals surface area contributed by atoms with E-state index in [-0.39, 0.29) is 0 Å². The van der Waals surface area contributed by atoms with Crippen LogP contribution >= 0.6 is 0 Å². The maximum absolute atomic E-state index is 10.2. The van der Waals surface area contributed by atoms with Gasteiger partial charge in [0.25, 0.3) is 0 Å². The first-order chi connectivity index (χ1) is 8.79. The third kappa shape index (κ3) is 3.36. The van der Waals surface area contributed by atoms with E-state index >= 15 is 0 Å². The number of hydrogen-bond donors (Lipinski definition) is 0. The molecule has 0 saturated carbocycles. The van der Waals surface area contributed by atoms with Crippen molar-refractivity contribution in [3.8, 4) is 11.5 Å². The Hall–Kier alpha value is -1.77. The molecule has 1 aliphatic rings. The molecule has 0 unspecified atom stereocenters. The second-order valence-electron chi connectivity index (χ2n) is 4.43. The van der Waals surface area contributed by atoms with Crippen molar-refractivity contribution in [3.05, 3.63) is 35.4 Å². The number of carbonyl (C=O) groups is 1. The van der Waals surface area contributed by atoms with E-state index in [0.29, 0.717) is 13.0 Å². The van der Waals surface area contributed by atoms with Gasteiger partial charge < -0.3 is 14.3 Å². The van der Waals surface area contributed by atoms with E-state index < -0.39 is 0 Å². The zero-order valence-electron chi connectivity index (χ0n) is 10.6. The van der Waals surface area contributed by atoms with Crippen molar-refractivity contribution in [2.24, 2.45) is 0 Å². The summed E-state index contributed by atoms with van der Waals surface area (Å²) < 4.78 is 11.1. The lowest BCUT2D eigenvalue weighted by Gasteiger charge is -2.06. The molecule has 1 aliphatic heterocycles. The van der Waals surface area contributed by atoms with Crippen molar-refractivity contribution < 1.29 is 14.3 Å². The van der Waals surface area contributed by atoms with Crippen LogP contribution in [0.3, 0.4) is 0 Å². The Morgan fingerprint density at radius 3 is 3.22 bits per heavy atom. The summed E-state index contributed by atoms with van der Waals surface area (Å²) in [6.07, 6.45) is 5.32. The lowest BCUT2D eigenvalue weighted by Crippen LogP contribution is -1.95. The monoisotopic (exact) mass is 246 g/mol. The van der Waals surface area contributed by atoms with Gasteiger partial charge in [-0.05, 0) is 31.1 Å². The molecule has 1 heterocycles.